The Balaban J connectivity index is 1.98. The monoisotopic (exact) mass is 330 g/mol. The van der Waals surface area contributed by atoms with Gasteiger partial charge in [-0.3, -0.25) is 9.59 Å². The molecular weight excluding hydrogens is 320 g/mol. The van der Waals surface area contributed by atoms with Gasteiger partial charge in [-0.15, -0.1) is 11.3 Å². The van der Waals surface area contributed by atoms with Gasteiger partial charge in [0.05, 0.1) is 16.3 Å². The van der Waals surface area contributed by atoms with Crippen molar-refractivity contribution in [3.05, 3.63) is 64.0 Å². The maximum absolute atomic E-state index is 12.4. The summed E-state index contributed by atoms with van der Waals surface area (Å²) < 4.78 is 0.931. The van der Waals surface area contributed by atoms with Gasteiger partial charge in [0.2, 0.25) is 0 Å². The topological polar surface area (TPSA) is 72.2 Å². The number of fused-ring (bicyclic) bond motifs is 1. The molecule has 0 spiro atoms. The number of primary amides is 1. The van der Waals surface area contributed by atoms with Crippen LogP contribution in [0.25, 0.3) is 10.1 Å². The van der Waals surface area contributed by atoms with Crippen LogP contribution in [0, 0.1) is 0 Å². The van der Waals surface area contributed by atoms with Crippen LogP contribution >= 0.6 is 22.9 Å². The number of para-hydroxylation sites is 1. The first-order chi connectivity index (χ1) is 10.6. The highest BCUT2D eigenvalue weighted by atomic mass is 35.5. The van der Waals surface area contributed by atoms with E-state index in [0.29, 0.717) is 15.6 Å². The Labute approximate surface area is 135 Å². The van der Waals surface area contributed by atoms with Crippen LogP contribution in [-0.4, -0.2) is 11.8 Å². The van der Waals surface area contributed by atoms with Crippen LogP contribution in [0.1, 0.15) is 20.0 Å². The smallest absolute Gasteiger partial charge is 0.267 e. The van der Waals surface area contributed by atoms with Gasteiger partial charge in [0.25, 0.3) is 11.8 Å². The van der Waals surface area contributed by atoms with E-state index >= 15 is 0 Å². The average molecular weight is 331 g/mol. The fourth-order valence-electron chi connectivity index (χ4n) is 2.15. The molecule has 0 unspecified atom stereocenters. The van der Waals surface area contributed by atoms with E-state index in [4.69, 9.17) is 17.3 Å². The Kier molecular flexibility index (Phi) is 3.83. The van der Waals surface area contributed by atoms with Crippen LogP contribution < -0.4 is 11.1 Å². The number of amides is 2. The number of nitrogens with one attached hydrogen (secondary N) is 1. The van der Waals surface area contributed by atoms with E-state index in [-0.39, 0.29) is 11.5 Å². The van der Waals surface area contributed by atoms with Crippen molar-refractivity contribution in [1.29, 1.82) is 0 Å². The summed E-state index contributed by atoms with van der Waals surface area (Å²) in [6.45, 7) is 0. The zero-order valence-electron chi connectivity index (χ0n) is 11.3. The van der Waals surface area contributed by atoms with E-state index in [1.54, 1.807) is 24.3 Å². The molecule has 0 saturated heterocycles. The van der Waals surface area contributed by atoms with Gasteiger partial charge >= 0.3 is 0 Å². The first-order valence-corrected chi connectivity index (χ1v) is 7.64. The Morgan fingerprint density at radius 2 is 1.73 bits per heavy atom. The zero-order valence-corrected chi connectivity index (χ0v) is 12.9. The minimum Gasteiger partial charge on any atom is -0.366 e. The van der Waals surface area contributed by atoms with Gasteiger partial charge in [0, 0.05) is 10.1 Å². The van der Waals surface area contributed by atoms with Crippen LogP contribution in [-0.2, 0) is 0 Å². The van der Waals surface area contributed by atoms with Crippen molar-refractivity contribution >= 4 is 50.5 Å². The number of carbonyl (C=O) groups is 2. The Bertz CT molecular complexity index is 889. The third-order valence-corrected chi connectivity index (χ3v) is 4.86. The van der Waals surface area contributed by atoms with E-state index in [9.17, 15) is 9.59 Å². The minimum absolute atomic E-state index is 0.257. The van der Waals surface area contributed by atoms with Crippen molar-refractivity contribution in [2.24, 2.45) is 5.73 Å². The lowest BCUT2D eigenvalue weighted by Gasteiger charge is -2.07. The number of rotatable bonds is 3. The summed E-state index contributed by atoms with van der Waals surface area (Å²) in [5.74, 6) is -0.960. The number of carbonyl (C=O) groups excluding carboxylic acids is 2. The lowest BCUT2D eigenvalue weighted by molar-refractivity contribution is 0.100. The summed E-state index contributed by atoms with van der Waals surface area (Å²) >= 11 is 7.58. The van der Waals surface area contributed by atoms with Crippen LogP contribution in [0.4, 0.5) is 5.69 Å². The van der Waals surface area contributed by atoms with Crippen LogP contribution in [0.3, 0.4) is 0 Å². The first-order valence-electron chi connectivity index (χ1n) is 6.45. The number of hydrogen-bond donors (Lipinski definition) is 2. The molecule has 110 valence electrons. The van der Waals surface area contributed by atoms with Crippen molar-refractivity contribution in [2.45, 2.75) is 0 Å². The Hall–Kier alpha value is -2.37. The molecule has 4 nitrogen and oxygen atoms in total. The van der Waals surface area contributed by atoms with E-state index in [1.165, 1.54) is 11.3 Å². The molecule has 2 amide bonds. The third kappa shape index (κ3) is 2.56. The molecule has 0 fully saturated rings. The predicted octanol–water partition coefficient (Wildman–Crippen LogP) is 3.91. The van der Waals surface area contributed by atoms with Crippen LogP contribution in [0.2, 0.25) is 5.02 Å². The largest absolute Gasteiger partial charge is 0.366 e. The maximum Gasteiger partial charge on any atom is 0.267 e. The molecule has 0 atom stereocenters. The first kappa shape index (κ1) is 14.6. The molecule has 0 saturated carbocycles. The lowest BCUT2D eigenvalue weighted by atomic mass is 10.1. The zero-order chi connectivity index (χ0) is 15.7. The van der Waals surface area contributed by atoms with Crippen molar-refractivity contribution in [3.63, 3.8) is 0 Å². The van der Waals surface area contributed by atoms with E-state index < -0.39 is 5.91 Å². The summed E-state index contributed by atoms with van der Waals surface area (Å²) in [5.41, 5.74) is 5.93. The molecule has 3 rings (SSSR count). The number of hydrogen-bond acceptors (Lipinski definition) is 3. The summed E-state index contributed by atoms with van der Waals surface area (Å²) in [5, 5.41) is 3.94. The lowest BCUT2D eigenvalue weighted by Crippen LogP contribution is -2.17. The van der Waals surface area contributed by atoms with Gasteiger partial charge in [0.1, 0.15) is 4.88 Å². The Morgan fingerprint density at radius 3 is 2.45 bits per heavy atom. The van der Waals surface area contributed by atoms with E-state index in [1.807, 2.05) is 24.3 Å². The molecule has 1 heterocycles. The Morgan fingerprint density at radius 1 is 1.05 bits per heavy atom. The van der Waals surface area contributed by atoms with Gasteiger partial charge in [-0.2, -0.15) is 0 Å². The van der Waals surface area contributed by atoms with E-state index in [2.05, 4.69) is 5.32 Å². The number of thiophene rings is 1. The summed E-state index contributed by atoms with van der Waals surface area (Å²) in [6, 6.07) is 14.1. The molecule has 1 aromatic heterocycles. The molecule has 0 aliphatic carbocycles. The van der Waals surface area contributed by atoms with Crippen molar-refractivity contribution in [2.75, 3.05) is 5.32 Å². The van der Waals surface area contributed by atoms with Gasteiger partial charge in [-0.1, -0.05) is 41.9 Å². The SMILES string of the molecule is NC(=O)c1ccccc1NC(=O)c1sc2ccccc2c1Cl. The van der Waals surface area contributed by atoms with Gasteiger partial charge in [-0.05, 0) is 18.2 Å². The molecule has 3 aromatic rings. The highest BCUT2D eigenvalue weighted by Gasteiger charge is 2.18. The predicted molar refractivity (Wildman–Crippen MR) is 89.7 cm³/mol. The molecule has 6 heteroatoms. The van der Waals surface area contributed by atoms with Gasteiger partial charge in [-0.25, -0.2) is 0 Å². The average Bonchev–Trinajstić information content (AvgIpc) is 2.85. The molecule has 2 aromatic carbocycles. The molecule has 3 N–H and O–H groups in total. The van der Waals surface area contributed by atoms with Crippen LogP contribution in [0.15, 0.2) is 48.5 Å². The maximum atomic E-state index is 12.4. The number of halogens is 1. The molecule has 0 radical (unpaired) electrons. The van der Waals surface area contributed by atoms with Gasteiger partial charge < -0.3 is 11.1 Å². The van der Waals surface area contributed by atoms with E-state index in [0.717, 1.165) is 10.1 Å². The second-order valence-corrected chi connectivity index (χ2v) is 6.04. The normalized spacial score (nSPS) is 10.6. The fourth-order valence-corrected chi connectivity index (χ4v) is 3.56. The molecule has 0 aliphatic rings. The number of benzene rings is 2. The van der Waals surface area contributed by atoms with Crippen molar-refractivity contribution in [1.82, 2.24) is 0 Å². The van der Waals surface area contributed by atoms with Crippen LogP contribution in [0.5, 0.6) is 0 Å². The molecule has 0 aliphatic heterocycles. The summed E-state index contributed by atoms with van der Waals surface area (Å²) in [7, 11) is 0. The molecular formula is C16H11ClN2O2S. The second-order valence-electron chi connectivity index (χ2n) is 4.61. The van der Waals surface area contributed by atoms with Crippen molar-refractivity contribution < 1.29 is 9.59 Å². The van der Waals surface area contributed by atoms with Crippen molar-refractivity contribution in [3.8, 4) is 0 Å². The highest BCUT2D eigenvalue weighted by molar-refractivity contribution is 7.21. The number of nitrogens with two attached hydrogens (primary N) is 1. The number of anilines is 1. The third-order valence-electron chi connectivity index (χ3n) is 3.18. The van der Waals surface area contributed by atoms with Gasteiger partial charge in [0.15, 0.2) is 0 Å². The molecule has 22 heavy (non-hydrogen) atoms. The molecule has 0 bridgehead atoms. The standard InChI is InChI=1S/C16H11ClN2O2S/c17-13-10-6-2-4-8-12(10)22-14(13)16(21)19-11-7-3-1-5-9(11)15(18)20/h1-8H,(H2,18,20)(H,19,21). The second kappa shape index (κ2) is 5.79. The fraction of sp³-hybridized carbons (Fsp3) is 0. The minimum atomic E-state index is -0.599. The highest BCUT2D eigenvalue weighted by Crippen LogP contribution is 2.35. The summed E-state index contributed by atoms with van der Waals surface area (Å²) in [4.78, 5) is 24.2. The quantitative estimate of drug-likeness (QED) is 0.764. The summed E-state index contributed by atoms with van der Waals surface area (Å²) in [6.07, 6.45) is 0.